The maximum absolute atomic E-state index is 13.8. The fourth-order valence-corrected chi connectivity index (χ4v) is 4.65. The molecule has 2 heterocycles. The molecule has 2 N–H and O–H groups in total. The molecule has 2 atom stereocenters. The van der Waals surface area contributed by atoms with Crippen molar-refractivity contribution in [1.82, 2.24) is 20.2 Å². The van der Waals surface area contributed by atoms with E-state index < -0.39 is 12.1 Å². The summed E-state index contributed by atoms with van der Waals surface area (Å²) in [5, 5.41) is 3.21. The highest BCUT2D eigenvalue weighted by molar-refractivity contribution is 6.01. The van der Waals surface area contributed by atoms with Gasteiger partial charge in [0.15, 0.2) is 0 Å². The molecule has 0 saturated heterocycles. The Hall–Kier alpha value is -3.93. The lowest BCUT2D eigenvalue weighted by Gasteiger charge is -2.30. The van der Waals surface area contributed by atoms with Crippen LogP contribution in [0.1, 0.15) is 53.6 Å². The average Bonchev–Trinajstić information content (AvgIpc) is 3.42. The van der Waals surface area contributed by atoms with Gasteiger partial charge in [0.05, 0.1) is 11.0 Å². The Kier molecular flexibility index (Phi) is 5.88. The smallest absolute Gasteiger partial charge is 0.255 e. The second kappa shape index (κ2) is 9.14. The topological polar surface area (TPSA) is 78.1 Å². The average molecular weight is 453 g/mol. The highest BCUT2D eigenvalue weighted by Crippen LogP contribution is 2.28. The first-order valence-corrected chi connectivity index (χ1v) is 11.7. The number of aromatic amines is 1. The van der Waals surface area contributed by atoms with Gasteiger partial charge in [0.1, 0.15) is 17.9 Å². The van der Waals surface area contributed by atoms with E-state index in [4.69, 9.17) is 4.98 Å². The Morgan fingerprint density at radius 2 is 1.71 bits per heavy atom. The fourth-order valence-electron chi connectivity index (χ4n) is 4.65. The molecule has 0 spiro atoms. The van der Waals surface area contributed by atoms with E-state index in [2.05, 4.69) is 24.1 Å². The number of fused-ring (bicyclic) bond motifs is 2. The van der Waals surface area contributed by atoms with Gasteiger partial charge >= 0.3 is 0 Å². The number of carbonyl (C=O) groups excluding carboxylic acids is 2. The first-order chi connectivity index (χ1) is 16.5. The predicted octanol–water partition coefficient (Wildman–Crippen LogP) is 4.84. The van der Waals surface area contributed by atoms with E-state index >= 15 is 0 Å². The number of nitrogens with one attached hydrogen (secondary N) is 2. The molecule has 6 nitrogen and oxygen atoms in total. The van der Waals surface area contributed by atoms with Gasteiger partial charge in [-0.1, -0.05) is 74.5 Å². The number of hydrogen-bond donors (Lipinski definition) is 2. The van der Waals surface area contributed by atoms with Gasteiger partial charge in [-0.05, 0) is 41.7 Å². The molecule has 0 unspecified atom stereocenters. The molecule has 1 aliphatic heterocycles. The number of benzene rings is 3. The van der Waals surface area contributed by atoms with Crippen LogP contribution in [0.3, 0.4) is 0 Å². The first-order valence-electron chi connectivity index (χ1n) is 11.7. The molecule has 0 saturated carbocycles. The van der Waals surface area contributed by atoms with Crippen LogP contribution in [0.15, 0.2) is 78.9 Å². The number of H-pyrrole nitrogens is 1. The lowest BCUT2D eigenvalue weighted by atomic mass is 10.00. The zero-order valence-corrected chi connectivity index (χ0v) is 19.4. The summed E-state index contributed by atoms with van der Waals surface area (Å²) >= 11 is 0. The zero-order chi connectivity index (χ0) is 23.7. The molecule has 0 bridgehead atoms. The van der Waals surface area contributed by atoms with Crippen molar-refractivity contribution in [3.63, 3.8) is 0 Å². The minimum atomic E-state index is -0.574. The van der Waals surface area contributed by atoms with Crippen molar-refractivity contribution in [1.29, 1.82) is 0 Å². The molecule has 3 aromatic carbocycles. The Morgan fingerprint density at radius 1 is 1.00 bits per heavy atom. The molecule has 2 amide bonds. The molecular weight excluding hydrogens is 424 g/mol. The van der Waals surface area contributed by atoms with Crippen LogP contribution in [0.25, 0.3) is 11.0 Å². The minimum Gasteiger partial charge on any atom is -0.340 e. The number of nitrogens with zero attached hydrogens (tertiary/aromatic N) is 2. The van der Waals surface area contributed by atoms with Crippen molar-refractivity contribution in [2.24, 2.45) is 5.92 Å². The third-order valence-electron chi connectivity index (χ3n) is 6.32. The van der Waals surface area contributed by atoms with Crippen molar-refractivity contribution in [3.05, 3.63) is 101 Å². The first kappa shape index (κ1) is 21.9. The SMILES string of the molecule is CC(C)C[C@@H](C(=O)N[C@H](c1ccccc1)c1nc2ccccc2[nH]1)N1Cc2ccccc2C1=O. The van der Waals surface area contributed by atoms with Crippen LogP contribution in [0, 0.1) is 5.92 Å². The molecule has 4 aromatic rings. The molecule has 6 heteroatoms. The Labute approximate surface area is 199 Å². The Morgan fingerprint density at radius 3 is 2.44 bits per heavy atom. The van der Waals surface area contributed by atoms with Crippen molar-refractivity contribution >= 4 is 22.8 Å². The van der Waals surface area contributed by atoms with Gasteiger partial charge in [-0.3, -0.25) is 9.59 Å². The van der Waals surface area contributed by atoms with Gasteiger partial charge in [-0.15, -0.1) is 0 Å². The normalized spacial score (nSPS) is 14.9. The summed E-state index contributed by atoms with van der Waals surface area (Å²) in [5.41, 5.74) is 4.33. The van der Waals surface area contributed by atoms with E-state index in [-0.39, 0.29) is 17.7 Å². The van der Waals surface area contributed by atoms with Crippen LogP contribution in [0.5, 0.6) is 0 Å². The number of rotatable bonds is 7. The van der Waals surface area contributed by atoms with Gasteiger partial charge in [-0.25, -0.2) is 4.98 Å². The van der Waals surface area contributed by atoms with Crippen LogP contribution in [-0.2, 0) is 11.3 Å². The summed E-state index contributed by atoms with van der Waals surface area (Å²) in [6.45, 7) is 4.59. The number of imidazole rings is 1. The summed E-state index contributed by atoms with van der Waals surface area (Å²) in [6.07, 6.45) is 0.577. The molecular formula is C28H28N4O2. The zero-order valence-electron chi connectivity index (χ0n) is 19.4. The fraction of sp³-hybridized carbons (Fsp3) is 0.250. The number of aromatic nitrogens is 2. The van der Waals surface area contributed by atoms with Gasteiger partial charge < -0.3 is 15.2 Å². The van der Waals surface area contributed by atoms with Crippen LogP contribution in [0.4, 0.5) is 0 Å². The van der Waals surface area contributed by atoms with Crippen molar-refractivity contribution in [3.8, 4) is 0 Å². The van der Waals surface area contributed by atoms with E-state index in [0.29, 0.717) is 24.4 Å². The van der Waals surface area contributed by atoms with Gasteiger partial charge in [0.2, 0.25) is 5.91 Å². The van der Waals surface area contributed by atoms with Crippen LogP contribution < -0.4 is 5.32 Å². The van der Waals surface area contributed by atoms with E-state index in [0.717, 1.165) is 22.2 Å². The molecule has 5 rings (SSSR count). The van der Waals surface area contributed by atoms with E-state index in [9.17, 15) is 9.59 Å². The second-order valence-corrected chi connectivity index (χ2v) is 9.23. The standard InChI is InChI=1S/C28H28N4O2/c1-18(2)16-24(32-17-20-12-6-7-13-21(20)28(32)34)27(33)31-25(19-10-4-3-5-11-19)26-29-22-14-8-9-15-23(22)30-26/h3-15,18,24-25H,16-17H2,1-2H3,(H,29,30)(H,31,33)/t24-,25+/m0/s1. The van der Waals surface area contributed by atoms with Crippen molar-refractivity contribution < 1.29 is 9.59 Å². The third kappa shape index (κ3) is 4.19. The summed E-state index contributed by atoms with van der Waals surface area (Å²) < 4.78 is 0. The van der Waals surface area contributed by atoms with Gasteiger partial charge in [-0.2, -0.15) is 0 Å². The van der Waals surface area contributed by atoms with Crippen LogP contribution >= 0.6 is 0 Å². The summed E-state index contributed by atoms with van der Waals surface area (Å²) in [6, 6.07) is 24.2. The quantitative estimate of drug-likeness (QED) is 0.421. The summed E-state index contributed by atoms with van der Waals surface area (Å²) in [5.74, 6) is 0.647. The molecule has 1 aromatic heterocycles. The van der Waals surface area contributed by atoms with Gasteiger partial charge in [0.25, 0.3) is 5.91 Å². The van der Waals surface area contributed by atoms with E-state index in [1.807, 2.05) is 78.9 Å². The van der Waals surface area contributed by atoms with Crippen molar-refractivity contribution in [2.75, 3.05) is 0 Å². The minimum absolute atomic E-state index is 0.0867. The predicted molar refractivity (Wildman–Crippen MR) is 132 cm³/mol. The second-order valence-electron chi connectivity index (χ2n) is 9.23. The summed E-state index contributed by atoms with van der Waals surface area (Å²) in [4.78, 5) is 36.8. The number of hydrogen-bond acceptors (Lipinski definition) is 3. The highest BCUT2D eigenvalue weighted by Gasteiger charge is 2.37. The highest BCUT2D eigenvalue weighted by atomic mass is 16.2. The largest absolute Gasteiger partial charge is 0.340 e. The Balaban J connectivity index is 1.48. The monoisotopic (exact) mass is 452 g/mol. The van der Waals surface area contributed by atoms with E-state index in [1.165, 1.54) is 0 Å². The number of amides is 2. The maximum atomic E-state index is 13.8. The van der Waals surface area contributed by atoms with Gasteiger partial charge in [0, 0.05) is 12.1 Å². The van der Waals surface area contributed by atoms with Crippen molar-refractivity contribution in [2.45, 2.75) is 38.9 Å². The Bertz CT molecular complexity index is 1300. The third-order valence-corrected chi connectivity index (χ3v) is 6.32. The molecule has 0 fully saturated rings. The number of para-hydroxylation sites is 2. The lowest BCUT2D eigenvalue weighted by Crippen LogP contribution is -2.48. The molecule has 0 radical (unpaired) electrons. The lowest BCUT2D eigenvalue weighted by molar-refractivity contribution is -0.126. The maximum Gasteiger partial charge on any atom is 0.255 e. The molecule has 1 aliphatic rings. The number of carbonyl (C=O) groups is 2. The van der Waals surface area contributed by atoms with Crippen LogP contribution in [-0.4, -0.2) is 32.7 Å². The van der Waals surface area contributed by atoms with E-state index in [1.54, 1.807) is 4.90 Å². The molecule has 172 valence electrons. The molecule has 0 aliphatic carbocycles. The molecule has 34 heavy (non-hydrogen) atoms. The van der Waals surface area contributed by atoms with Crippen LogP contribution in [0.2, 0.25) is 0 Å². The summed E-state index contributed by atoms with van der Waals surface area (Å²) in [7, 11) is 0.